The molecule has 0 saturated heterocycles. The highest BCUT2D eigenvalue weighted by Gasteiger charge is 2.21. The first-order chi connectivity index (χ1) is 23.0. The summed E-state index contributed by atoms with van der Waals surface area (Å²) in [5.74, 6) is -0.842. The summed E-state index contributed by atoms with van der Waals surface area (Å²) in [6.07, 6.45) is 29.5. The van der Waals surface area contributed by atoms with Crippen molar-refractivity contribution in [2.45, 2.75) is 174 Å². The number of likely N-dealkylation sites (N-methyl/N-ethyl adjacent to an activating group) is 1. The third-order valence-corrected chi connectivity index (χ3v) is 9.25. The number of allylic oxidation sites excluding steroid dienone is 2. The summed E-state index contributed by atoms with van der Waals surface area (Å²) in [6.45, 7) is 4.18. The molecule has 48 heavy (non-hydrogen) atoms. The Labute approximate surface area is 295 Å². The van der Waals surface area contributed by atoms with Crippen molar-refractivity contribution in [3.8, 4) is 0 Å². The van der Waals surface area contributed by atoms with Gasteiger partial charge < -0.3 is 27.9 Å². The fourth-order valence-corrected chi connectivity index (χ4v) is 5.91. The maximum atomic E-state index is 12.6. The standard InChI is InChI=1S/C38H74NO8P/c1-6-8-10-12-14-16-18-20-22-24-26-28-30-37(40)44-34-36(35-46-48(42,43)45-33-32-39(3,4)5)47-38(41)31-29-27-25-23-21-19-17-15-13-11-9-7-2/h15,17,36H,6-14,16,18-35H2,1-5H3/b17-15-/t36-/m1/s1. The van der Waals surface area contributed by atoms with Crippen molar-refractivity contribution in [3.63, 3.8) is 0 Å². The van der Waals surface area contributed by atoms with Gasteiger partial charge in [0, 0.05) is 12.8 Å². The molecule has 0 aliphatic heterocycles. The molecular formula is C38H74NO8P. The van der Waals surface area contributed by atoms with Crippen LogP contribution in [0.25, 0.3) is 0 Å². The minimum Gasteiger partial charge on any atom is -0.756 e. The van der Waals surface area contributed by atoms with E-state index in [2.05, 4.69) is 26.0 Å². The second-order valence-electron chi connectivity index (χ2n) is 14.3. The highest BCUT2D eigenvalue weighted by Crippen LogP contribution is 2.38. The van der Waals surface area contributed by atoms with E-state index in [-0.39, 0.29) is 32.0 Å². The van der Waals surface area contributed by atoms with E-state index < -0.39 is 26.5 Å². The van der Waals surface area contributed by atoms with Gasteiger partial charge in [-0.2, -0.15) is 0 Å². The largest absolute Gasteiger partial charge is 0.756 e. The van der Waals surface area contributed by atoms with Crippen LogP contribution in [0.15, 0.2) is 12.2 Å². The Morgan fingerprint density at radius 1 is 0.625 bits per heavy atom. The number of phosphoric ester groups is 1. The molecule has 0 aliphatic carbocycles. The molecule has 1 unspecified atom stereocenters. The topological polar surface area (TPSA) is 111 Å². The summed E-state index contributed by atoms with van der Waals surface area (Å²) in [7, 11) is 1.16. The number of carbonyl (C=O) groups excluding carboxylic acids is 2. The van der Waals surface area contributed by atoms with Gasteiger partial charge in [-0.15, -0.1) is 0 Å². The summed E-state index contributed by atoms with van der Waals surface area (Å²) >= 11 is 0. The number of esters is 2. The fourth-order valence-electron chi connectivity index (χ4n) is 5.18. The fraction of sp³-hybridized carbons (Fsp3) is 0.895. The molecule has 0 rings (SSSR count). The van der Waals surface area contributed by atoms with Gasteiger partial charge in [-0.05, 0) is 38.5 Å². The van der Waals surface area contributed by atoms with Gasteiger partial charge in [0.2, 0.25) is 0 Å². The molecule has 0 saturated carbocycles. The molecule has 0 bridgehead atoms. The number of ether oxygens (including phenoxy) is 2. The van der Waals surface area contributed by atoms with Crippen LogP contribution in [0.5, 0.6) is 0 Å². The molecule has 0 N–H and O–H groups in total. The van der Waals surface area contributed by atoms with Crippen LogP contribution in [0.2, 0.25) is 0 Å². The Morgan fingerprint density at radius 3 is 1.58 bits per heavy atom. The van der Waals surface area contributed by atoms with Crippen LogP contribution < -0.4 is 4.89 Å². The predicted octanol–water partition coefficient (Wildman–Crippen LogP) is 9.61. The smallest absolute Gasteiger partial charge is 0.306 e. The number of unbranched alkanes of at least 4 members (excludes halogenated alkanes) is 19. The van der Waals surface area contributed by atoms with Gasteiger partial charge in [-0.3, -0.25) is 14.2 Å². The lowest BCUT2D eigenvalue weighted by Gasteiger charge is -2.28. The number of nitrogens with zero attached hydrogens (tertiary/aromatic N) is 1. The molecule has 0 aromatic carbocycles. The second kappa shape index (κ2) is 31.7. The van der Waals surface area contributed by atoms with Gasteiger partial charge in [-0.1, -0.05) is 129 Å². The molecule has 0 spiro atoms. The summed E-state index contributed by atoms with van der Waals surface area (Å²) in [5.41, 5.74) is 0. The zero-order valence-corrected chi connectivity index (χ0v) is 32.6. The average molecular weight is 704 g/mol. The summed E-state index contributed by atoms with van der Waals surface area (Å²) in [5, 5.41) is 0. The Hall–Kier alpha value is -1.25. The highest BCUT2D eigenvalue weighted by molar-refractivity contribution is 7.45. The van der Waals surface area contributed by atoms with Crippen LogP contribution in [0.4, 0.5) is 0 Å². The molecule has 0 aromatic rings. The summed E-state index contributed by atoms with van der Waals surface area (Å²) in [4.78, 5) is 37.3. The first-order valence-electron chi connectivity index (χ1n) is 19.4. The lowest BCUT2D eigenvalue weighted by atomic mass is 10.0. The molecule has 2 atom stereocenters. The van der Waals surface area contributed by atoms with Gasteiger partial charge in [0.25, 0.3) is 7.82 Å². The van der Waals surface area contributed by atoms with Crippen LogP contribution in [-0.4, -0.2) is 70.0 Å². The predicted molar refractivity (Wildman–Crippen MR) is 195 cm³/mol. The first-order valence-corrected chi connectivity index (χ1v) is 20.9. The van der Waals surface area contributed by atoms with Crippen molar-refractivity contribution < 1.29 is 42.1 Å². The highest BCUT2D eigenvalue weighted by atomic mass is 31.2. The summed E-state index contributed by atoms with van der Waals surface area (Å²) in [6, 6.07) is 0. The molecule has 0 amide bonds. The van der Waals surface area contributed by atoms with E-state index in [4.69, 9.17) is 18.5 Å². The van der Waals surface area contributed by atoms with Gasteiger partial charge in [0.1, 0.15) is 19.8 Å². The molecule has 0 radical (unpaired) electrons. The lowest BCUT2D eigenvalue weighted by molar-refractivity contribution is -0.870. The Kier molecular flexibility index (Phi) is 30.9. The molecule has 0 fully saturated rings. The third kappa shape index (κ3) is 34.6. The normalized spacial score (nSPS) is 13.9. The van der Waals surface area contributed by atoms with Crippen LogP contribution in [0, 0.1) is 0 Å². The van der Waals surface area contributed by atoms with Crippen LogP contribution in [-0.2, 0) is 32.7 Å². The molecule has 10 heteroatoms. The van der Waals surface area contributed by atoms with Gasteiger partial charge in [0.05, 0.1) is 27.7 Å². The van der Waals surface area contributed by atoms with E-state index in [1.54, 1.807) is 0 Å². The number of quaternary nitrogens is 1. The quantitative estimate of drug-likeness (QED) is 0.0211. The number of rotatable bonds is 35. The Balaban J connectivity index is 4.44. The molecule has 9 nitrogen and oxygen atoms in total. The van der Waals surface area contributed by atoms with Gasteiger partial charge in [0.15, 0.2) is 6.10 Å². The third-order valence-electron chi connectivity index (χ3n) is 8.29. The SMILES string of the molecule is CCCCC/C=C\CCCCCCCC(=O)O[C@H](COC(=O)CCCCCCCCCCCCCC)COP(=O)([O-])OCC[N+](C)(C)C. The van der Waals surface area contributed by atoms with Crippen molar-refractivity contribution in [1.82, 2.24) is 0 Å². The second-order valence-corrected chi connectivity index (χ2v) is 15.7. The Morgan fingerprint density at radius 2 is 1.06 bits per heavy atom. The minimum atomic E-state index is -4.61. The number of hydrogen-bond donors (Lipinski definition) is 0. The number of phosphoric acid groups is 1. The average Bonchev–Trinajstić information content (AvgIpc) is 3.02. The van der Waals surface area contributed by atoms with Crippen molar-refractivity contribution in [2.24, 2.45) is 0 Å². The zero-order chi connectivity index (χ0) is 35.8. The number of hydrogen-bond acceptors (Lipinski definition) is 8. The van der Waals surface area contributed by atoms with Crippen molar-refractivity contribution in [3.05, 3.63) is 12.2 Å². The maximum Gasteiger partial charge on any atom is 0.306 e. The van der Waals surface area contributed by atoms with Gasteiger partial charge in [-0.25, -0.2) is 0 Å². The van der Waals surface area contributed by atoms with E-state index >= 15 is 0 Å². The first kappa shape index (κ1) is 46.8. The molecule has 0 aliphatic rings. The van der Waals surface area contributed by atoms with Crippen molar-refractivity contribution in [2.75, 3.05) is 47.5 Å². The van der Waals surface area contributed by atoms with E-state index in [1.807, 2.05) is 21.1 Å². The molecule has 284 valence electrons. The molecule has 0 aromatic heterocycles. The Bertz CT molecular complexity index is 845. The number of carbonyl (C=O) groups is 2. The molecular weight excluding hydrogens is 629 g/mol. The van der Waals surface area contributed by atoms with Crippen LogP contribution in [0.1, 0.15) is 168 Å². The molecule has 0 heterocycles. The zero-order valence-electron chi connectivity index (χ0n) is 31.7. The van der Waals surface area contributed by atoms with Crippen molar-refractivity contribution >= 4 is 19.8 Å². The van der Waals surface area contributed by atoms with E-state index in [1.165, 1.54) is 77.0 Å². The lowest BCUT2D eigenvalue weighted by Crippen LogP contribution is -2.37. The maximum absolute atomic E-state index is 12.6. The van der Waals surface area contributed by atoms with Gasteiger partial charge >= 0.3 is 11.9 Å². The van der Waals surface area contributed by atoms with E-state index in [0.717, 1.165) is 57.8 Å². The monoisotopic (exact) mass is 704 g/mol. The van der Waals surface area contributed by atoms with Crippen molar-refractivity contribution in [1.29, 1.82) is 0 Å². The van der Waals surface area contributed by atoms with Crippen LogP contribution in [0.3, 0.4) is 0 Å². The van der Waals surface area contributed by atoms with Crippen LogP contribution >= 0.6 is 7.82 Å². The van der Waals surface area contributed by atoms with E-state index in [0.29, 0.717) is 17.4 Å². The van der Waals surface area contributed by atoms with E-state index in [9.17, 15) is 19.0 Å². The summed E-state index contributed by atoms with van der Waals surface area (Å²) < 4.78 is 33.7. The minimum absolute atomic E-state index is 0.0298.